The Balaban J connectivity index is 2.18. The highest BCUT2D eigenvalue weighted by Crippen LogP contribution is 2.15. The molecule has 0 aliphatic carbocycles. The van der Waals surface area contributed by atoms with Crippen LogP contribution >= 0.6 is 0 Å². The van der Waals surface area contributed by atoms with Gasteiger partial charge in [0.05, 0.1) is 10.9 Å². The van der Waals surface area contributed by atoms with Crippen LogP contribution in [0.2, 0.25) is 0 Å². The first-order valence-corrected chi connectivity index (χ1v) is 8.73. The van der Waals surface area contributed by atoms with Crippen molar-refractivity contribution in [3.8, 4) is 0 Å². The zero-order valence-electron chi connectivity index (χ0n) is 13.3. The van der Waals surface area contributed by atoms with E-state index in [1.807, 2.05) is 38.1 Å². The number of rotatable bonds is 5. The molecule has 2 rings (SSSR count). The van der Waals surface area contributed by atoms with Crippen LogP contribution in [0.4, 0.5) is 0 Å². The molecule has 0 radical (unpaired) electrons. The number of carbonyl (C=O) groups is 1. The third-order valence-corrected chi connectivity index (χ3v) is 5.01. The zero-order valence-corrected chi connectivity index (χ0v) is 14.1. The van der Waals surface area contributed by atoms with Crippen LogP contribution in [0.1, 0.15) is 34.5 Å². The number of benzene rings is 2. The summed E-state index contributed by atoms with van der Waals surface area (Å²) < 4.78 is 25.9. The highest BCUT2D eigenvalue weighted by Gasteiger charge is 2.16. The molecule has 0 saturated heterocycles. The van der Waals surface area contributed by atoms with Gasteiger partial charge in [-0.25, -0.2) is 13.1 Å². The smallest absolute Gasteiger partial charge is 0.251 e. The fourth-order valence-electron chi connectivity index (χ4n) is 2.14. The van der Waals surface area contributed by atoms with E-state index in [1.54, 1.807) is 12.1 Å². The molecule has 122 valence electrons. The molecule has 0 spiro atoms. The van der Waals surface area contributed by atoms with E-state index in [1.165, 1.54) is 19.2 Å². The molecule has 0 aromatic heterocycles. The first kappa shape index (κ1) is 17.2. The summed E-state index contributed by atoms with van der Waals surface area (Å²) in [6.45, 7) is 3.89. The van der Waals surface area contributed by atoms with Crippen LogP contribution < -0.4 is 10.0 Å². The topological polar surface area (TPSA) is 75.3 Å². The number of nitrogens with one attached hydrogen (secondary N) is 2. The van der Waals surface area contributed by atoms with Gasteiger partial charge in [-0.2, -0.15) is 0 Å². The van der Waals surface area contributed by atoms with E-state index >= 15 is 0 Å². The lowest BCUT2D eigenvalue weighted by atomic mass is 10.1. The fraction of sp³-hybridized carbons (Fsp3) is 0.235. The average molecular weight is 332 g/mol. The predicted octanol–water partition coefficient (Wildman–Crippen LogP) is 2.39. The number of carbonyl (C=O) groups excluding carboxylic acids is 1. The molecule has 1 amide bonds. The van der Waals surface area contributed by atoms with Crippen molar-refractivity contribution in [3.63, 3.8) is 0 Å². The van der Waals surface area contributed by atoms with Gasteiger partial charge in [-0.1, -0.05) is 35.9 Å². The summed E-state index contributed by atoms with van der Waals surface area (Å²) in [6, 6.07) is 13.7. The van der Waals surface area contributed by atoms with Gasteiger partial charge in [0.1, 0.15) is 0 Å². The Bertz CT molecular complexity index is 799. The van der Waals surface area contributed by atoms with Crippen LogP contribution in [0.25, 0.3) is 0 Å². The largest absolute Gasteiger partial charge is 0.346 e. The van der Waals surface area contributed by atoms with Gasteiger partial charge >= 0.3 is 0 Å². The van der Waals surface area contributed by atoms with Gasteiger partial charge in [0, 0.05) is 5.56 Å². The van der Waals surface area contributed by atoms with E-state index in [-0.39, 0.29) is 16.8 Å². The maximum absolute atomic E-state index is 12.3. The Kier molecular flexibility index (Phi) is 5.18. The zero-order chi connectivity index (χ0) is 17.0. The van der Waals surface area contributed by atoms with Crippen molar-refractivity contribution in [1.82, 2.24) is 10.0 Å². The van der Waals surface area contributed by atoms with Crippen LogP contribution in [0, 0.1) is 6.92 Å². The summed E-state index contributed by atoms with van der Waals surface area (Å²) in [6.07, 6.45) is 0. The van der Waals surface area contributed by atoms with Crippen molar-refractivity contribution in [2.75, 3.05) is 7.05 Å². The number of amides is 1. The molecule has 5 nitrogen and oxygen atoms in total. The van der Waals surface area contributed by atoms with Crippen molar-refractivity contribution in [2.24, 2.45) is 0 Å². The van der Waals surface area contributed by atoms with Gasteiger partial charge < -0.3 is 5.32 Å². The lowest BCUT2D eigenvalue weighted by molar-refractivity contribution is 0.0939. The lowest BCUT2D eigenvalue weighted by Gasteiger charge is -2.15. The number of hydrogen-bond acceptors (Lipinski definition) is 3. The quantitative estimate of drug-likeness (QED) is 0.883. The molecular weight excluding hydrogens is 312 g/mol. The summed E-state index contributed by atoms with van der Waals surface area (Å²) in [4.78, 5) is 12.4. The monoisotopic (exact) mass is 332 g/mol. The van der Waals surface area contributed by atoms with Crippen molar-refractivity contribution in [2.45, 2.75) is 24.8 Å². The lowest BCUT2D eigenvalue weighted by Crippen LogP contribution is -2.27. The second-order valence-corrected chi connectivity index (χ2v) is 7.23. The van der Waals surface area contributed by atoms with Crippen LogP contribution in [0.5, 0.6) is 0 Å². The first-order chi connectivity index (χ1) is 10.8. The minimum absolute atomic E-state index is 0.0654. The van der Waals surface area contributed by atoms with Crippen LogP contribution in [0.15, 0.2) is 53.4 Å². The van der Waals surface area contributed by atoms with Gasteiger partial charge in [0.25, 0.3) is 5.91 Å². The molecule has 0 saturated carbocycles. The summed E-state index contributed by atoms with van der Waals surface area (Å²) in [5, 5.41) is 2.87. The number of aryl methyl sites for hydroxylation is 1. The maximum atomic E-state index is 12.3. The average Bonchev–Trinajstić information content (AvgIpc) is 2.55. The molecule has 0 fully saturated rings. The van der Waals surface area contributed by atoms with Crippen molar-refractivity contribution in [3.05, 3.63) is 65.2 Å². The third kappa shape index (κ3) is 4.18. The number of hydrogen-bond donors (Lipinski definition) is 2. The van der Waals surface area contributed by atoms with Gasteiger partial charge in [-0.05, 0) is 44.7 Å². The summed E-state index contributed by atoms with van der Waals surface area (Å²) >= 11 is 0. The molecule has 0 aliphatic heterocycles. The fourth-order valence-corrected chi connectivity index (χ4v) is 2.92. The highest BCUT2D eigenvalue weighted by atomic mass is 32.2. The standard InChI is InChI=1S/C17H20N2O3S/c1-12-7-9-14(10-8-12)13(2)19-17(20)15-5-4-6-16(11-15)23(21,22)18-3/h4-11,13,18H,1-3H3,(H,19,20)/t13-/m0/s1. The Hall–Kier alpha value is -2.18. The molecule has 6 heteroatoms. The van der Waals surface area contributed by atoms with E-state index < -0.39 is 10.0 Å². The number of sulfonamides is 1. The molecule has 0 heterocycles. The Morgan fingerprint density at radius 3 is 2.35 bits per heavy atom. The summed E-state index contributed by atoms with van der Waals surface area (Å²) in [5.74, 6) is -0.314. The molecule has 0 aliphatic rings. The van der Waals surface area contributed by atoms with Crippen molar-refractivity contribution < 1.29 is 13.2 Å². The minimum atomic E-state index is -3.57. The predicted molar refractivity (Wildman–Crippen MR) is 89.7 cm³/mol. The van der Waals surface area contributed by atoms with E-state index in [9.17, 15) is 13.2 Å². The Labute approximate surface area is 136 Å². The van der Waals surface area contributed by atoms with E-state index in [0.29, 0.717) is 5.56 Å². The molecule has 1 atom stereocenters. The molecule has 2 aromatic rings. The van der Waals surface area contributed by atoms with Crippen LogP contribution in [0.3, 0.4) is 0 Å². The molecule has 0 bridgehead atoms. The van der Waals surface area contributed by atoms with Crippen molar-refractivity contribution in [1.29, 1.82) is 0 Å². The van der Waals surface area contributed by atoms with E-state index in [4.69, 9.17) is 0 Å². The van der Waals surface area contributed by atoms with Gasteiger partial charge in [0.15, 0.2) is 0 Å². The highest BCUT2D eigenvalue weighted by molar-refractivity contribution is 7.89. The minimum Gasteiger partial charge on any atom is -0.346 e. The Morgan fingerprint density at radius 2 is 1.74 bits per heavy atom. The van der Waals surface area contributed by atoms with Gasteiger partial charge in [-0.3, -0.25) is 4.79 Å². The van der Waals surface area contributed by atoms with E-state index in [0.717, 1.165) is 11.1 Å². The molecular formula is C17H20N2O3S. The normalized spacial score (nSPS) is 12.7. The maximum Gasteiger partial charge on any atom is 0.251 e. The first-order valence-electron chi connectivity index (χ1n) is 7.24. The van der Waals surface area contributed by atoms with E-state index in [2.05, 4.69) is 10.0 Å². The van der Waals surface area contributed by atoms with Gasteiger partial charge in [-0.15, -0.1) is 0 Å². The van der Waals surface area contributed by atoms with Crippen LogP contribution in [-0.4, -0.2) is 21.4 Å². The molecule has 23 heavy (non-hydrogen) atoms. The van der Waals surface area contributed by atoms with Crippen molar-refractivity contribution >= 4 is 15.9 Å². The third-order valence-electron chi connectivity index (χ3n) is 3.60. The summed E-state index contributed by atoms with van der Waals surface area (Å²) in [5.41, 5.74) is 2.44. The SMILES string of the molecule is CNS(=O)(=O)c1cccc(C(=O)N[C@@H](C)c2ccc(C)cc2)c1. The molecule has 2 N–H and O–H groups in total. The van der Waals surface area contributed by atoms with Gasteiger partial charge in [0.2, 0.25) is 10.0 Å². The second-order valence-electron chi connectivity index (χ2n) is 5.34. The molecule has 0 unspecified atom stereocenters. The Morgan fingerprint density at radius 1 is 1.09 bits per heavy atom. The summed E-state index contributed by atoms with van der Waals surface area (Å²) in [7, 11) is -2.23. The molecule has 2 aromatic carbocycles. The van der Waals surface area contributed by atoms with Crippen LogP contribution in [-0.2, 0) is 10.0 Å². The second kappa shape index (κ2) is 6.93.